The van der Waals surface area contributed by atoms with Gasteiger partial charge in [0.2, 0.25) is 0 Å². The molecule has 0 spiro atoms. The van der Waals surface area contributed by atoms with Crippen LogP contribution in [0.5, 0.6) is 0 Å². The molecule has 0 atom stereocenters. The zero-order valence-corrected chi connectivity index (χ0v) is 6.06. The van der Waals surface area contributed by atoms with Crippen LogP contribution in [0.15, 0.2) is 0 Å². The van der Waals surface area contributed by atoms with E-state index in [4.69, 9.17) is 5.73 Å². The summed E-state index contributed by atoms with van der Waals surface area (Å²) < 4.78 is 0. The van der Waals surface area contributed by atoms with Gasteiger partial charge in [-0.3, -0.25) is 0 Å². The maximum absolute atomic E-state index is 9.86. The van der Waals surface area contributed by atoms with Crippen LogP contribution in [0.1, 0.15) is 12.8 Å². The van der Waals surface area contributed by atoms with Crippen molar-refractivity contribution >= 4 is 0 Å². The first-order valence-electron chi connectivity index (χ1n) is 3.86. The third-order valence-electron chi connectivity index (χ3n) is 3.07. The second-order valence-corrected chi connectivity index (χ2v) is 3.62. The highest BCUT2D eigenvalue weighted by molar-refractivity contribution is 5.14. The molecular formula is C7H14N2O. The molecular weight excluding hydrogens is 128 g/mol. The molecule has 1 aliphatic heterocycles. The summed E-state index contributed by atoms with van der Waals surface area (Å²) in [6.45, 7) is 2.12. The molecule has 1 heterocycles. The lowest BCUT2D eigenvalue weighted by Crippen LogP contribution is -2.66. The fourth-order valence-corrected chi connectivity index (χ4v) is 1.75. The maximum Gasteiger partial charge on any atom is 0.0962 e. The highest BCUT2D eigenvalue weighted by Gasteiger charge is 2.60. The van der Waals surface area contributed by atoms with E-state index in [9.17, 15) is 5.11 Å². The Morgan fingerprint density at radius 2 is 2.00 bits per heavy atom. The van der Waals surface area contributed by atoms with Gasteiger partial charge in [0.05, 0.1) is 5.60 Å². The first-order valence-corrected chi connectivity index (χ1v) is 3.86. The van der Waals surface area contributed by atoms with Crippen LogP contribution in [0.25, 0.3) is 0 Å². The molecule has 0 amide bonds. The van der Waals surface area contributed by atoms with Crippen LogP contribution in [0, 0.1) is 5.41 Å². The van der Waals surface area contributed by atoms with Gasteiger partial charge < -0.3 is 16.2 Å². The van der Waals surface area contributed by atoms with E-state index in [1.165, 1.54) is 0 Å². The van der Waals surface area contributed by atoms with Crippen molar-refractivity contribution < 1.29 is 5.11 Å². The molecule has 0 aromatic rings. The van der Waals surface area contributed by atoms with E-state index >= 15 is 0 Å². The Morgan fingerprint density at radius 1 is 1.40 bits per heavy atom. The lowest BCUT2D eigenvalue weighted by molar-refractivity contribution is -0.0712. The first-order chi connectivity index (χ1) is 4.72. The van der Waals surface area contributed by atoms with Crippen LogP contribution in [0.3, 0.4) is 0 Å². The Morgan fingerprint density at radius 3 is 2.10 bits per heavy atom. The quantitative estimate of drug-likeness (QED) is 0.466. The summed E-state index contributed by atoms with van der Waals surface area (Å²) in [5, 5.41) is 12.9. The van der Waals surface area contributed by atoms with Gasteiger partial charge in [-0.2, -0.15) is 0 Å². The van der Waals surface area contributed by atoms with Gasteiger partial charge >= 0.3 is 0 Å². The standard InChI is InChI=1S/C7H14N2O/c8-3-6(1-2-6)7(10)4-9-5-7/h9-10H,1-5,8H2. The molecule has 2 fully saturated rings. The van der Waals surface area contributed by atoms with Crippen molar-refractivity contribution in [2.45, 2.75) is 18.4 Å². The summed E-state index contributed by atoms with van der Waals surface area (Å²) >= 11 is 0. The summed E-state index contributed by atoms with van der Waals surface area (Å²) in [6.07, 6.45) is 2.23. The third-order valence-corrected chi connectivity index (χ3v) is 3.07. The highest BCUT2D eigenvalue weighted by Crippen LogP contribution is 2.54. The van der Waals surface area contributed by atoms with E-state index in [-0.39, 0.29) is 5.41 Å². The smallest absolute Gasteiger partial charge is 0.0962 e. The number of rotatable bonds is 2. The van der Waals surface area contributed by atoms with Gasteiger partial charge in [-0.25, -0.2) is 0 Å². The number of hydrogen-bond acceptors (Lipinski definition) is 3. The lowest BCUT2D eigenvalue weighted by atomic mass is 9.79. The molecule has 0 bridgehead atoms. The lowest BCUT2D eigenvalue weighted by Gasteiger charge is -2.44. The van der Waals surface area contributed by atoms with Crippen LogP contribution >= 0.6 is 0 Å². The maximum atomic E-state index is 9.86. The average Bonchev–Trinajstić information content (AvgIpc) is 2.63. The molecule has 0 radical (unpaired) electrons. The number of nitrogens with two attached hydrogens (primary N) is 1. The van der Waals surface area contributed by atoms with Crippen molar-refractivity contribution in [3.63, 3.8) is 0 Å². The predicted molar refractivity (Wildman–Crippen MR) is 38.5 cm³/mol. The van der Waals surface area contributed by atoms with E-state index in [2.05, 4.69) is 5.32 Å². The largest absolute Gasteiger partial charge is 0.387 e. The normalized spacial score (nSPS) is 33.0. The monoisotopic (exact) mass is 142 g/mol. The molecule has 1 saturated carbocycles. The summed E-state index contributed by atoms with van der Waals surface area (Å²) in [6, 6.07) is 0. The molecule has 0 aromatic heterocycles. The van der Waals surface area contributed by atoms with E-state index < -0.39 is 5.60 Å². The van der Waals surface area contributed by atoms with Gasteiger partial charge in [-0.1, -0.05) is 0 Å². The zero-order chi connectivity index (χ0) is 7.24. The zero-order valence-electron chi connectivity index (χ0n) is 6.06. The predicted octanol–water partition coefficient (Wildman–Crippen LogP) is -0.940. The van der Waals surface area contributed by atoms with Crippen LogP contribution < -0.4 is 11.1 Å². The van der Waals surface area contributed by atoms with E-state index in [1.807, 2.05) is 0 Å². The summed E-state index contributed by atoms with van der Waals surface area (Å²) in [5.74, 6) is 0. The molecule has 10 heavy (non-hydrogen) atoms. The highest BCUT2D eigenvalue weighted by atomic mass is 16.3. The number of nitrogens with one attached hydrogen (secondary N) is 1. The Bertz CT molecular complexity index is 147. The summed E-state index contributed by atoms with van der Waals surface area (Å²) in [4.78, 5) is 0. The van der Waals surface area contributed by atoms with Gasteiger partial charge in [0.25, 0.3) is 0 Å². The molecule has 0 unspecified atom stereocenters. The second kappa shape index (κ2) is 1.72. The van der Waals surface area contributed by atoms with Crippen LogP contribution in [-0.2, 0) is 0 Å². The first kappa shape index (κ1) is 6.58. The SMILES string of the molecule is NCC1(C2(O)CNC2)CC1. The molecule has 0 aromatic carbocycles. The second-order valence-electron chi connectivity index (χ2n) is 3.62. The van der Waals surface area contributed by atoms with Gasteiger partial charge in [0, 0.05) is 25.0 Å². The Balaban J connectivity index is 2.09. The molecule has 3 heteroatoms. The average molecular weight is 142 g/mol. The van der Waals surface area contributed by atoms with Gasteiger partial charge in [-0.05, 0) is 12.8 Å². The van der Waals surface area contributed by atoms with E-state index in [0.29, 0.717) is 6.54 Å². The minimum absolute atomic E-state index is 0.0955. The minimum Gasteiger partial charge on any atom is -0.387 e. The van der Waals surface area contributed by atoms with Crippen molar-refractivity contribution in [2.75, 3.05) is 19.6 Å². The van der Waals surface area contributed by atoms with Crippen molar-refractivity contribution in [2.24, 2.45) is 11.1 Å². The Hall–Kier alpha value is -0.120. The van der Waals surface area contributed by atoms with Crippen molar-refractivity contribution in [1.29, 1.82) is 0 Å². The molecule has 4 N–H and O–H groups in total. The van der Waals surface area contributed by atoms with Crippen molar-refractivity contribution in [1.82, 2.24) is 5.32 Å². The summed E-state index contributed by atoms with van der Waals surface area (Å²) in [7, 11) is 0. The van der Waals surface area contributed by atoms with Crippen molar-refractivity contribution in [3.05, 3.63) is 0 Å². The fraction of sp³-hybridized carbons (Fsp3) is 1.00. The number of β-amino-alcohol motifs (C(OH)–C–C–N with tert-alkyl or cyclic N) is 1. The van der Waals surface area contributed by atoms with Crippen molar-refractivity contribution in [3.8, 4) is 0 Å². The topological polar surface area (TPSA) is 58.3 Å². The molecule has 3 nitrogen and oxygen atoms in total. The van der Waals surface area contributed by atoms with Crippen LogP contribution in [-0.4, -0.2) is 30.3 Å². The number of aliphatic hydroxyl groups is 1. The molecule has 2 aliphatic rings. The molecule has 2 rings (SSSR count). The van der Waals surface area contributed by atoms with Gasteiger partial charge in [-0.15, -0.1) is 0 Å². The van der Waals surface area contributed by atoms with Crippen LogP contribution in [0.2, 0.25) is 0 Å². The van der Waals surface area contributed by atoms with Crippen LogP contribution in [0.4, 0.5) is 0 Å². The Labute approximate surface area is 60.6 Å². The van der Waals surface area contributed by atoms with E-state index in [1.54, 1.807) is 0 Å². The number of hydrogen-bond donors (Lipinski definition) is 3. The third kappa shape index (κ3) is 0.603. The fourth-order valence-electron chi connectivity index (χ4n) is 1.75. The Kier molecular flexibility index (Phi) is 1.14. The van der Waals surface area contributed by atoms with E-state index in [0.717, 1.165) is 25.9 Å². The van der Waals surface area contributed by atoms with Gasteiger partial charge in [0.1, 0.15) is 0 Å². The molecule has 1 aliphatic carbocycles. The van der Waals surface area contributed by atoms with Gasteiger partial charge in [0.15, 0.2) is 0 Å². The summed E-state index contributed by atoms with van der Waals surface area (Å²) in [5.41, 5.74) is 5.22. The minimum atomic E-state index is -0.457. The molecule has 58 valence electrons. The molecule has 1 saturated heterocycles.